The van der Waals surface area contributed by atoms with Crippen molar-refractivity contribution in [1.82, 2.24) is 40.1 Å². The molecule has 6 aromatic heterocycles. The molecule has 0 unspecified atom stereocenters. The quantitative estimate of drug-likeness (QED) is 0.300. The Hall–Kier alpha value is -5.06. The molecule has 0 bridgehead atoms. The van der Waals surface area contributed by atoms with E-state index in [1.807, 2.05) is 19.1 Å². The van der Waals surface area contributed by atoms with E-state index in [4.69, 9.17) is 4.98 Å². The van der Waals surface area contributed by atoms with Crippen molar-refractivity contribution in [3.05, 3.63) is 67.3 Å². The molecule has 6 heterocycles. The van der Waals surface area contributed by atoms with E-state index >= 15 is 4.39 Å². The fourth-order valence-electron chi connectivity index (χ4n) is 4.19. The van der Waals surface area contributed by atoms with Crippen LogP contribution in [0.1, 0.15) is 19.8 Å². The monoisotopic (exact) mass is 493 g/mol. The molecule has 0 aromatic carbocycles. The number of carbonyl (C=O) groups excluding carboxylic acids is 1. The summed E-state index contributed by atoms with van der Waals surface area (Å²) >= 11 is 0. The lowest BCUT2D eigenvalue weighted by atomic mass is 10.1. The Bertz CT molecular complexity index is 1760. The van der Waals surface area contributed by atoms with Gasteiger partial charge in [0.05, 0.1) is 28.5 Å². The summed E-state index contributed by atoms with van der Waals surface area (Å²) in [5.74, 6) is -0.285. The largest absolute Gasteiger partial charge is 0.336 e. The molecular formula is C26H20FN9O. The third-order valence-corrected chi connectivity index (χ3v) is 5.90. The number of hydrogen-bond acceptors (Lipinski definition) is 7. The van der Waals surface area contributed by atoms with E-state index in [-0.39, 0.29) is 28.2 Å². The van der Waals surface area contributed by atoms with Gasteiger partial charge in [0.15, 0.2) is 11.5 Å². The first-order valence-electron chi connectivity index (χ1n) is 11.7. The van der Waals surface area contributed by atoms with Gasteiger partial charge in [-0.05, 0) is 30.7 Å². The third-order valence-electron chi connectivity index (χ3n) is 5.90. The molecule has 0 radical (unpaired) electrons. The number of nitrogens with one attached hydrogen (secondary N) is 3. The van der Waals surface area contributed by atoms with E-state index in [2.05, 4.69) is 40.4 Å². The summed E-state index contributed by atoms with van der Waals surface area (Å²) in [6.07, 6.45) is 10.6. The summed E-state index contributed by atoms with van der Waals surface area (Å²) in [5.41, 5.74) is 4.56. The smallest absolute Gasteiger partial charge is 0.224 e. The molecule has 10 nitrogen and oxygen atoms in total. The van der Waals surface area contributed by atoms with Crippen LogP contribution < -0.4 is 5.32 Å². The van der Waals surface area contributed by atoms with Crippen LogP contribution in [0.3, 0.4) is 0 Å². The summed E-state index contributed by atoms with van der Waals surface area (Å²) in [7, 11) is 0. The SMILES string of the molecule is CCCC(=O)Nc1cncc(-c2cnc3[nH]nc(-c4nc5c(-c6cccnc6)nccc5[nH]4)c3c2F)c1. The molecule has 0 spiro atoms. The molecule has 0 aliphatic rings. The highest BCUT2D eigenvalue weighted by atomic mass is 19.1. The molecular weight excluding hydrogens is 473 g/mol. The topological polar surface area (TPSA) is 138 Å². The van der Waals surface area contributed by atoms with Crippen molar-refractivity contribution >= 4 is 33.7 Å². The van der Waals surface area contributed by atoms with Gasteiger partial charge >= 0.3 is 0 Å². The minimum absolute atomic E-state index is 0.127. The van der Waals surface area contributed by atoms with Crippen LogP contribution in [0.4, 0.5) is 10.1 Å². The van der Waals surface area contributed by atoms with Crippen LogP contribution in [-0.4, -0.2) is 46.0 Å². The van der Waals surface area contributed by atoms with Crippen LogP contribution in [0.25, 0.3) is 56.0 Å². The van der Waals surface area contributed by atoms with Crippen molar-refractivity contribution in [3.8, 4) is 33.9 Å². The van der Waals surface area contributed by atoms with E-state index < -0.39 is 5.82 Å². The number of aromatic amines is 2. The Kier molecular flexibility index (Phi) is 5.56. The Morgan fingerprint density at radius 3 is 2.76 bits per heavy atom. The van der Waals surface area contributed by atoms with E-state index in [9.17, 15) is 4.79 Å². The van der Waals surface area contributed by atoms with Crippen molar-refractivity contribution in [2.45, 2.75) is 19.8 Å². The number of anilines is 1. The molecule has 37 heavy (non-hydrogen) atoms. The molecule has 6 aromatic rings. The lowest BCUT2D eigenvalue weighted by Crippen LogP contribution is -2.10. The highest BCUT2D eigenvalue weighted by Crippen LogP contribution is 2.34. The van der Waals surface area contributed by atoms with Crippen molar-refractivity contribution in [2.75, 3.05) is 5.32 Å². The van der Waals surface area contributed by atoms with Gasteiger partial charge in [-0.3, -0.25) is 24.8 Å². The number of nitrogens with zero attached hydrogens (tertiary/aromatic N) is 6. The number of aromatic nitrogens is 8. The maximum Gasteiger partial charge on any atom is 0.224 e. The first-order chi connectivity index (χ1) is 18.1. The minimum atomic E-state index is -0.529. The number of amides is 1. The molecule has 11 heteroatoms. The maximum atomic E-state index is 16.0. The molecule has 0 saturated carbocycles. The van der Waals surface area contributed by atoms with Crippen LogP contribution in [0.2, 0.25) is 0 Å². The Morgan fingerprint density at radius 1 is 1.03 bits per heavy atom. The predicted octanol–water partition coefficient (Wildman–Crippen LogP) is 4.90. The molecule has 6 rings (SSSR count). The van der Waals surface area contributed by atoms with Gasteiger partial charge < -0.3 is 10.3 Å². The zero-order chi connectivity index (χ0) is 25.4. The van der Waals surface area contributed by atoms with Crippen molar-refractivity contribution in [2.24, 2.45) is 0 Å². The molecule has 0 aliphatic carbocycles. The number of H-pyrrole nitrogens is 2. The van der Waals surface area contributed by atoms with Gasteiger partial charge in [-0.2, -0.15) is 5.10 Å². The zero-order valence-corrected chi connectivity index (χ0v) is 19.7. The van der Waals surface area contributed by atoms with Crippen molar-refractivity contribution in [3.63, 3.8) is 0 Å². The summed E-state index contributed by atoms with van der Waals surface area (Å²) in [6.45, 7) is 1.92. The summed E-state index contributed by atoms with van der Waals surface area (Å²) < 4.78 is 16.0. The zero-order valence-electron chi connectivity index (χ0n) is 19.7. The number of rotatable bonds is 6. The Morgan fingerprint density at radius 2 is 1.92 bits per heavy atom. The van der Waals surface area contributed by atoms with Gasteiger partial charge in [0.2, 0.25) is 5.91 Å². The fourth-order valence-corrected chi connectivity index (χ4v) is 4.19. The first kappa shape index (κ1) is 22.4. The molecule has 0 atom stereocenters. The van der Waals surface area contributed by atoms with Crippen LogP contribution in [0, 0.1) is 5.82 Å². The number of carbonyl (C=O) groups is 1. The van der Waals surface area contributed by atoms with Gasteiger partial charge in [-0.15, -0.1) is 0 Å². The van der Waals surface area contributed by atoms with Crippen LogP contribution in [0.5, 0.6) is 0 Å². The van der Waals surface area contributed by atoms with Gasteiger partial charge in [0.1, 0.15) is 17.0 Å². The van der Waals surface area contributed by atoms with E-state index in [1.54, 1.807) is 30.7 Å². The van der Waals surface area contributed by atoms with Gasteiger partial charge in [0.25, 0.3) is 0 Å². The summed E-state index contributed by atoms with van der Waals surface area (Å²) in [5, 5.41) is 10.1. The molecule has 0 saturated heterocycles. The van der Waals surface area contributed by atoms with Gasteiger partial charge in [-0.25, -0.2) is 14.4 Å². The number of hydrogen-bond donors (Lipinski definition) is 3. The Balaban J connectivity index is 1.44. The standard InChI is InChI=1S/C26H20FN9O/c1-2-4-19(37)32-16-9-15(11-29-12-16)17-13-31-25-20(21(17)27)24(35-36-25)26-33-18-6-8-30-22(23(18)34-26)14-5-3-7-28-10-14/h3,5-13H,2,4H2,1H3,(H,32,37)(H,33,34)(H,31,35,36). The number of fused-ring (bicyclic) bond motifs is 2. The molecule has 182 valence electrons. The van der Waals surface area contributed by atoms with E-state index in [0.717, 1.165) is 17.5 Å². The van der Waals surface area contributed by atoms with Crippen molar-refractivity contribution < 1.29 is 9.18 Å². The van der Waals surface area contributed by atoms with Crippen LogP contribution in [-0.2, 0) is 4.79 Å². The van der Waals surface area contributed by atoms with Crippen LogP contribution in [0.15, 0.2) is 61.4 Å². The lowest BCUT2D eigenvalue weighted by Gasteiger charge is -2.08. The molecule has 0 fully saturated rings. The van der Waals surface area contributed by atoms with E-state index in [0.29, 0.717) is 34.7 Å². The van der Waals surface area contributed by atoms with Gasteiger partial charge in [0, 0.05) is 54.1 Å². The fraction of sp³-hybridized carbons (Fsp3) is 0.115. The lowest BCUT2D eigenvalue weighted by molar-refractivity contribution is -0.116. The number of halogens is 1. The number of imidazole rings is 1. The summed E-state index contributed by atoms with van der Waals surface area (Å²) in [6, 6.07) is 7.19. The third kappa shape index (κ3) is 4.05. The van der Waals surface area contributed by atoms with Gasteiger partial charge in [-0.1, -0.05) is 6.92 Å². The van der Waals surface area contributed by atoms with Crippen LogP contribution >= 0.6 is 0 Å². The average Bonchev–Trinajstić information content (AvgIpc) is 3.54. The first-order valence-corrected chi connectivity index (χ1v) is 11.7. The average molecular weight is 494 g/mol. The van der Waals surface area contributed by atoms with Crippen molar-refractivity contribution in [1.29, 1.82) is 0 Å². The van der Waals surface area contributed by atoms with E-state index in [1.165, 1.54) is 18.6 Å². The Labute approximate surface area is 209 Å². The highest BCUT2D eigenvalue weighted by Gasteiger charge is 2.21. The predicted molar refractivity (Wildman–Crippen MR) is 137 cm³/mol. The maximum absolute atomic E-state index is 16.0. The minimum Gasteiger partial charge on any atom is -0.336 e. The summed E-state index contributed by atoms with van der Waals surface area (Å²) in [4.78, 5) is 37.1. The number of pyridine rings is 4. The highest BCUT2D eigenvalue weighted by molar-refractivity contribution is 5.97. The second-order valence-corrected chi connectivity index (χ2v) is 8.42. The second-order valence-electron chi connectivity index (χ2n) is 8.42. The molecule has 1 amide bonds. The normalized spacial score (nSPS) is 11.3. The second kappa shape index (κ2) is 9.19. The molecule has 3 N–H and O–H groups in total. The molecule has 0 aliphatic heterocycles.